The topological polar surface area (TPSA) is 71.4 Å². The number of carbonyl (C=O) groups is 1. The third kappa shape index (κ3) is 5.86. The number of hydrogen-bond acceptors (Lipinski definition) is 4. The van der Waals surface area contributed by atoms with E-state index in [0.717, 1.165) is 27.2 Å². The molecular formula is C32H26BrN5O2S. The Hall–Kier alpha value is -4.47. The summed E-state index contributed by atoms with van der Waals surface area (Å²) in [6.07, 6.45) is 3.86. The molecule has 204 valence electrons. The molecule has 7 nitrogen and oxygen atoms in total. The molecule has 1 amide bonds. The summed E-state index contributed by atoms with van der Waals surface area (Å²) in [5.74, 6) is 0.411. The van der Waals surface area contributed by atoms with Crippen LogP contribution in [0.1, 0.15) is 23.5 Å². The fourth-order valence-corrected chi connectivity index (χ4v) is 5.73. The van der Waals surface area contributed by atoms with E-state index in [9.17, 15) is 4.79 Å². The third-order valence-electron chi connectivity index (χ3n) is 6.81. The predicted molar refractivity (Wildman–Crippen MR) is 168 cm³/mol. The Labute approximate surface area is 251 Å². The van der Waals surface area contributed by atoms with Crippen LogP contribution < -0.4 is 20.3 Å². The van der Waals surface area contributed by atoms with E-state index in [2.05, 4.69) is 65.4 Å². The van der Waals surface area contributed by atoms with Gasteiger partial charge in [-0.3, -0.25) is 9.78 Å². The SMILES string of the molecule is O=C(COc1ccccc1)Nc1ccc(N2C(=S)N[C@@H](c3ccccn3)[C@H]2c2cccn2-c2cccc(Br)c2)cc1. The zero-order valence-corrected chi connectivity index (χ0v) is 24.3. The van der Waals surface area contributed by atoms with Gasteiger partial charge in [0.2, 0.25) is 0 Å². The highest BCUT2D eigenvalue weighted by molar-refractivity contribution is 9.10. The summed E-state index contributed by atoms with van der Waals surface area (Å²) in [6, 6.07) is 34.8. The minimum atomic E-state index is -0.236. The first-order valence-corrected chi connectivity index (χ1v) is 14.3. The Morgan fingerprint density at radius 2 is 1.73 bits per heavy atom. The van der Waals surface area contributed by atoms with Crippen LogP contribution in [0.25, 0.3) is 5.69 Å². The zero-order valence-electron chi connectivity index (χ0n) is 21.9. The molecule has 1 aliphatic rings. The van der Waals surface area contributed by atoms with Gasteiger partial charge in [0.15, 0.2) is 11.7 Å². The van der Waals surface area contributed by atoms with Crippen molar-refractivity contribution in [1.82, 2.24) is 14.9 Å². The molecule has 0 radical (unpaired) electrons. The van der Waals surface area contributed by atoms with Gasteiger partial charge in [0, 0.05) is 39.6 Å². The van der Waals surface area contributed by atoms with Crippen molar-refractivity contribution in [2.24, 2.45) is 0 Å². The molecule has 3 heterocycles. The zero-order chi connectivity index (χ0) is 28.2. The van der Waals surface area contributed by atoms with Gasteiger partial charge in [0.05, 0.1) is 11.7 Å². The standard InChI is InChI=1S/C32H26BrN5O2S/c33-22-8-6-9-25(20-22)37-19-7-13-28(37)31-30(27-12-4-5-18-34-27)36-32(41)38(31)24-16-14-23(15-17-24)35-29(39)21-40-26-10-2-1-3-11-26/h1-20,30-31H,21H2,(H,35,39)(H,36,41)/t30-,31+/m0/s1. The van der Waals surface area contributed by atoms with E-state index in [1.807, 2.05) is 91.0 Å². The predicted octanol–water partition coefficient (Wildman–Crippen LogP) is 6.83. The van der Waals surface area contributed by atoms with Gasteiger partial charge in [-0.05, 0) is 91.1 Å². The van der Waals surface area contributed by atoms with E-state index in [4.69, 9.17) is 17.0 Å². The second-order valence-electron chi connectivity index (χ2n) is 9.48. The normalized spacial score (nSPS) is 16.3. The smallest absolute Gasteiger partial charge is 0.262 e. The summed E-state index contributed by atoms with van der Waals surface area (Å²) in [5, 5.41) is 7.01. The highest BCUT2D eigenvalue weighted by Gasteiger charge is 2.42. The number of nitrogens with zero attached hydrogens (tertiary/aromatic N) is 3. The molecule has 3 aromatic carbocycles. The number of amides is 1. The van der Waals surface area contributed by atoms with Crippen molar-refractivity contribution in [2.75, 3.05) is 16.8 Å². The minimum absolute atomic E-state index is 0.0771. The van der Waals surface area contributed by atoms with Gasteiger partial charge in [-0.25, -0.2) is 0 Å². The molecule has 6 rings (SSSR count). The number of nitrogens with one attached hydrogen (secondary N) is 2. The summed E-state index contributed by atoms with van der Waals surface area (Å²) < 4.78 is 8.74. The molecular weight excluding hydrogens is 598 g/mol. The van der Waals surface area contributed by atoms with Crippen LogP contribution in [0.3, 0.4) is 0 Å². The van der Waals surface area contributed by atoms with E-state index >= 15 is 0 Å². The number of halogens is 1. The maximum Gasteiger partial charge on any atom is 0.262 e. The number of para-hydroxylation sites is 1. The van der Waals surface area contributed by atoms with Crippen LogP contribution in [-0.2, 0) is 4.79 Å². The molecule has 5 aromatic rings. The quantitative estimate of drug-likeness (QED) is 0.185. The van der Waals surface area contributed by atoms with Crippen LogP contribution in [-0.4, -0.2) is 27.2 Å². The molecule has 41 heavy (non-hydrogen) atoms. The fraction of sp³-hybridized carbons (Fsp3) is 0.0938. The lowest BCUT2D eigenvalue weighted by Crippen LogP contribution is -2.30. The average Bonchev–Trinajstić information content (AvgIpc) is 3.62. The summed E-state index contributed by atoms with van der Waals surface area (Å²) in [4.78, 5) is 19.3. The van der Waals surface area contributed by atoms with Crippen LogP contribution in [0, 0.1) is 0 Å². The Balaban J connectivity index is 1.29. The molecule has 2 N–H and O–H groups in total. The van der Waals surface area contributed by atoms with Crippen LogP contribution >= 0.6 is 28.1 Å². The molecule has 2 aromatic heterocycles. The molecule has 0 bridgehead atoms. The second kappa shape index (κ2) is 12.0. The van der Waals surface area contributed by atoms with E-state index in [1.165, 1.54) is 0 Å². The van der Waals surface area contributed by atoms with Crippen molar-refractivity contribution in [1.29, 1.82) is 0 Å². The molecule has 0 unspecified atom stereocenters. The van der Waals surface area contributed by atoms with Crippen molar-refractivity contribution in [2.45, 2.75) is 12.1 Å². The van der Waals surface area contributed by atoms with Crippen LogP contribution in [0.15, 0.2) is 126 Å². The van der Waals surface area contributed by atoms with Gasteiger partial charge >= 0.3 is 0 Å². The first kappa shape index (κ1) is 26.7. The molecule has 1 fully saturated rings. The number of rotatable bonds is 8. The monoisotopic (exact) mass is 623 g/mol. The van der Waals surface area contributed by atoms with Gasteiger partial charge in [0.1, 0.15) is 11.8 Å². The first-order chi connectivity index (χ1) is 20.1. The summed E-state index contributed by atoms with van der Waals surface area (Å²) >= 11 is 9.50. The fourth-order valence-electron chi connectivity index (χ4n) is 5.00. The van der Waals surface area contributed by atoms with Crippen LogP contribution in [0.2, 0.25) is 0 Å². The van der Waals surface area contributed by atoms with E-state index in [0.29, 0.717) is 16.5 Å². The number of aromatic nitrogens is 2. The highest BCUT2D eigenvalue weighted by atomic mass is 79.9. The minimum Gasteiger partial charge on any atom is -0.484 e. The van der Waals surface area contributed by atoms with Crippen molar-refractivity contribution in [3.63, 3.8) is 0 Å². The number of ether oxygens (including phenoxy) is 1. The largest absolute Gasteiger partial charge is 0.484 e. The molecule has 1 aliphatic heterocycles. The van der Waals surface area contributed by atoms with Crippen LogP contribution in [0.4, 0.5) is 11.4 Å². The number of benzene rings is 3. The lowest BCUT2D eigenvalue weighted by molar-refractivity contribution is -0.118. The number of carbonyl (C=O) groups excluding carboxylic acids is 1. The number of thiocarbonyl (C=S) groups is 1. The van der Waals surface area contributed by atoms with Crippen molar-refractivity contribution < 1.29 is 9.53 Å². The van der Waals surface area contributed by atoms with Crippen molar-refractivity contribution in [3.05, 3.63) is 137 Å². The molecule has 0 spiro atoms. The average molecular weight is 625 g/mol. The summed E-state index contributed by atoms with van der Waals surface area (Å²) in [5.41, 5.74) is 4.55. The van der Waals surface area contributed by atoms with Gasteiger partial charge < -0.3 is 24.8 Å². The maximum atomic E-state index is 12.5. The lowest BCUT2D eigenvalue weighted by Gasteiger charge is -2.29. The van der Waals surface area contributed by atoms with E-state index < -0.39 is 0 Å². The van der Waals surface area contributed by atoms with Gasteiger partial charge in [-0.2, -0.15) is 0 Å². The molecule has 9 heteroatoms. The molecule has 0 aliphatic carbocycles. The van der Waals surface area contributed by atoms with Crippen LogP contribution in [0.5, 0.6) is 5.75 Å². The Morgan fingerprint density at radius 1 is 0.927 bits per heavy atom. The summed E-state index contributed by atoms with van der Waals surface area (Å²) in [6.45, 7) is -0.0771. The van der Waals surface area contributed by atoms with Gasteiger partial charge in [0.25, 0.3) is 5.91 Å². The highest BCUT2D eigenvalue weighted by Crippen LogP contribution is 2.42. The van der Waals surface area contributed by atoms with Crippen molar-refractivity contribution >= 4 is 50.5 Å². The second-order valence-corrected chi connectivity index (χ2v) is 10.8. The number of anilines is 2. The van der Waals surface area contributed by atoms with Gasteiger partial charge in [-0.1, -0.05) is 46.3 Å². The summed E-state index contributed by atoms with van der Waals surface area (Å²) in [7, 11) is 0. The maximum absolute atomic E-state index is 12.5. The Bertz CT molecular complexity index is 1660. The number of hydrogen-bond donors (Lipinski definition) is 2. The number of pyridine rings is 1. The van der Waals surface area contributed by atoms with E-state index in [1.54, 1.807) is 6.20 Å². The lowest BCUT2D eigenvalue weighted by atomic mass is 10.0. The third-order valence-corrected chi connectivity index (χ3v) is 7.62. The van der Waals surface area contributed by atoms with Crippen molar-refractivity contribution in [3.8, 4) is 11.4 Å². The molecule has 1 saturated heterocycles. The first-order valence-electron chi connectivity index (χ1n) is 13.1. The Morgan fingerprint density at radius 3 is 2.49 bits per heavy atom. The molecule has 0 saturated carbocycles. The van der Waals surface area contributed by atoms with E-state index in [-0.39, 0.29) is 24.6 Å². The van der Waals surface area contributed by atoms with Gasteiger partial charge in [-0.15, -0.1) is 0 Å². The Kier molecular flexibility index (Phi) is 7.80. The molecule has 2 atom stereocenters.